The summed E-state index contributed by atoms with van der Waals surface area (Å²) in [6, 6.07) is 0. The molecule has 0 heterocycles. The number of hydrogen-bond acceptors (Lipinski definition) is 3. The van der Waals surface area contributed by atoms with Gasteiger partial charge < -0.3 is 8.85 Å². The van der Waals surface area contributed by atoms with Crippen LogP contribution in [-0.2, 0) is 13.6 Å². The van der Waals surface area contributed by atoms with Crippen molar-refractivity contribution in [1.29, 1.82) is 0 Å². The molecule has 3 rings (SSSR count). The maximum absolute atomic E-state index is 11.0. The van der Waals surface area contributed by atoms with Crippen LogP contribution < -0.4 is 0 Å². The Morgan fingerprint density at radius 3 is 1.95 bits per heavy atom. The van der Waals surface area contributed by atoms with Crippen molar-refractivity contribution in [3.63, 3.8) is 0 Å². The molecule has 0 radical (unpaired) electrons. The number of aldehydes is 1. The van der Waals surface area contributed by atoms with Crippen molar-refractivity contribution in [3.8, 4) is 0 Å². The highest BCUT2D eigenvalue weighted by Gasteiger charge is 2.50. The molecule has 3 fully saturated rings. The minimum absolute atomic E-state index is 0.204. The fraction of sp³-hybridized carbons (Fsp3) is 0.800. The molecular weight excluding hydrogens is 525 g/mol. The van der Waals surface area contributed by atoms with E-state index in [1.165, 1.54) is 37.7 Å². The molecule has 5 heteroatoms. The van der Waals surface area contributed by atoms with E-state index in [0.29, 0.717) is 23.2 Å². The lowest BCUT2D eigenvalue weighted by Crippen LogP contribution is -2.48. The highest BCUT2D eigenvalue weighted by atomic mass is 28.4. The molecule has 0 aromatic carbocycles. The Labute approximate surface area is 249 Å². The third kappa shape index (κ3) is 7.60. The normalized spacial score (nSPS) is 32.4. The molecule has 0 aromatic heterocycles. The molecule has 0 spiro atoms. The lowest BCUT2D eigenvalue weighted by atomic mass is 9.61. The third-order valence-electron chi connectivity index (χ3n) is 11.7. The van der Waals surface area contributed by atoms with E-state index >= 15 is 0 Å². The van der Waals surface area contributed by atoms with Crippen LogP contribution in [0.5, 0.6) is 0 Å². The van der Waals surface area contributed by atoms with Crippen LogP contribution in [0.4, 0.5) is 0 Å². The van der Waals surface area contributed by atoms with Crippen LogP contribution in [0.2, 0.25) is 36.3 Å². The minimum atomic E-state index is -1.87. The molecule has 0 amide bonds. The maximum Gasteiger partial charge on any atom is 0.192 e. The summed E-state index contributed by atoms with van der Waals surface area (Å²) in [7, 11) is -3.74. The first kappa shape index (κ1) is 33.7. The van der Waals surface area contributed by atoms with E-state index in [4.69, 9.17) is 8.85 Å². The molecule has 3 aliphatic rings. The first-order chi connectivity index (χ1) is 18.3. The Kier molecular flexibility index (Phi) is 10.5. The van der Waals surface area contributed by atoms with Crippen LogP contribution in [0.3, 0.4) is 0 Å². The van der Waals surface area contributed by atoms with Crippen molar-refractivity contribution in [2.45, 2.75) is 155 Å². The highest BCUT2D eigenvalue weighted by Crippen LogP contribution is 2.59. The van der Waals surface area contributed by atoms with Crippen LogP contribution >= 0.6 is 0 Å². The molecule has 0 aromatic rings. The van der Waals surface area contributed by atoms with Gasteiger partial charge in [-0.05, 0) is 117 Å². The molecule has 228 valence electrons. The van der Waals surface area contributed by atoms with Gasteiger partial charge in [0.25, 0.3) is 0 Å². The van der Waals surface area contributed by atoms with Crippen molar-refractivity contribution in [3.05, 3.63) is 35.5 Å². The average Bonchev–Trinajstić information content (AvgIpc) is 3.16. The van der Waals surface area contributed by atoms with Gasteiger partial charge >= 0.3 is 0 Å². The molecule has 0 aliphatic heterocycles. The number of hydrogen-bond donors (Lipinski definition) is 0. The van der Waals surface area contributed by atoms with Crippen molar-refractivity contribution < 1.29 is 13.6 Å². The second kappa shape index (κ2) is 12.5. The smallest absolute Gasteiger partial charge is 0.192 e. The molecule has 0 saturated heterocycles. The number of fused-ring (bicyclic) bond motifs is 1. The van der Waals surface area contributed by atoms with Crippen molar-refractivity contribution in [2.75, 3.05) is 0 Å². The van der Waals surface area contributed by atoms with Gasteiger partial charge in [0.15, 0.2) is 16.6 Å². The summed E-state index contributed by atoms with van der Waals surface area (Å²) in [4.78, 5) is 11.0. The van der Waals surface area contributed by atoms with Crippen molar-refractivity contribution in [1.82, 2.24) is 0 Å². The zero-order valence-corrected chi connectivity index (χ0v) is 30.2. The van der Waals surface area contributed by atoms with Gasteiger partial charge in [0.05, 0.1) is 12.2 Å². The van der Waals surface area contributed by atoms with E-state index in [2.05, 4.69) is 99.8 Å². The summed E-state index contributed by atoms with van der Waals surface area (Å²) in [6.07, 6.45) is 19.7. The summed E-state index contributed by atoms with van der Waals surface area (Å²) in [6.45, 7) is 28.5. The van der Waals surface area contributed by atoms with Crippen LogP contribution in [0.15, 0.2) is 35.5 Å². The standard InChI is InChI=1S/C35H62O3Si2/c1-26(15-14-22-36)31-19-20-32-28(16-13-21-35(31,32)8)18-17-27-23-29(37-39(9,10)33(2,3)4)25-30(24-27)38-40(11,12)34(5,6)7/h14-15,17-18,22,26,29-32H,13,16,19-21,23-25H2,1-12H3/b15-14+,28-18+/t26-,29-,30-,31-,32+,35-/m1/s1. The van der Waals surface area contributed by atoms with Gasteiger partial charge in [-0.1, -0.05) is 84.8 Å². The van der Waals surface area contributed by atoms with E-state index in [0.717, 1.165) is 25.5 Å². The summed E-state index contributed by atoms with van der Waals surface area (Å²) < 4.78 is 14.1. The van der Waals surface area contributed by atoms with Gasteiger partial charge in [-0.2, -0.15) is 0 Å². The fourth-order valence-electron chi connectivity index (χ4n) is 7.35. The number of rotatable bonds is 8. The molecular formula is C35H62O3Si2. The molecule has 6 atom stereocenters. The summed E-state index contributed by atoms with van der Waals surface area (Å²) in [5, 5.41) is 0.408. The van der Waals surface area contributed by atoms with Crippen LogP contribution in [0.1, 0.15) is 107 Å². The van der Waals surface area contributed by atoms with E-state index in [1.54, 1.807) is 11.6 Å². The number of carbonyl (C=O) groups is 1. The molecule has 0 bridgehead atoms. The zero-order chi connectivity index (χ0) is 30.1. The molecule has 3 nitrogen and oxygen atoms in total. The molecule has 40 heavy (non-hydrogen) atoms. The SMILES string of the molecule is C[C@H](/C=C/C=O)[C@H]1CC[C@H]2/C(=C/C=C3C[C@@H](O[Si](C)(C)C(C)(C)C)C[C@H](O[Si](C)(C)C(C)(C)C)C3)CCC[C@]12C. The summed E-state index contributed by atoms with van der Waals surface area (Å²) >= 11 is 0. The van der Waals surface area contributed by atoms with E-state index < -0.39 is 16.6 Å². The Morgan fingerprint density at radius 1 is 0.900 bits per heavy atom. The topological polar surface area (TPSA) is 35.5 Å². The predicted molar refractivity (Wildman–Crippen MR) is 177 cm³/mol. The second-order valence-electron chi connectivity index (χ2n) is 16.7. The predicted octanol–water partition coefficient (Wildman–Crippen LogP) is 10.4. The van der Waals surface area contributed by atoms with Gasteiger partial charge in [0, 0.05) is 0 Å². The summed E-state index contributed by atoms with van der Waals surface area (Å²) in [5.74, 6) is 1.78. The molecule has 3 saturated carbocycles. The molecule has 0 unspecified atom stereocenters. The Bertz CT molecular complexity index is 940. The first-order valence-corrected chi connectivity index (χ1v) is 22.0. The Morgan fingerprint density at radius 2 is 1.45 bits per heavy atom. The second-order valence-corrected chi connectivity index (χ2v) is 26.2. The van der Waals surface area contributed by atoms with E-state index in [9.17, 15) is 4.79 Å². The fourth-order valence-corrected chi connectivity index (χ4v) is 10.1. The average molecular weight is 587 g/mol. The van der Waals surface area contributed by atoms with Crippen LogP contribution in [0, 0.1) is 23.2 Å². The van der Waals surface area contributed by atoms with Gasteiger partial charge in [-0.15, -0.1) is 0 Å². The molecule has 3 aliphatic carbocycles. The third-order valence-corrected chi connectivity index (χ3v) is 20.8. The minimum Gasteiger partial charge on any atom is -0.414 e. The largest absolute Gasteiger partial charge is 0.414 e. The van der Waals surface area contributed by atoms with Gasteiger partial charge in [-0.25, -0.2) is 0 Å². The monoisotopic (exact) mass is 586 g/mol. The number of allylic oxidation sites excluding steroid dienone is 5. The Hall–Kier alpha value is -0.756. The van der Waals surface area contributed by atoms with Crippen molar-refractivity contribution in [2.24, 2.45) is 23.2 Å². The van der Waals surface area contributed by atoms with Crippen LogP contribution in [0.25, 0.3) is 0 Å². The highest BCUT2D eigenvalue weighted by molar-refractivity contribution is 6.74. The van der Waals surface area contributed by atoms with Gasteiger partial charge in [0.1, 0.15) is 6.29 Å². The van der Waals surface area contributed by atoms with Gasteiger partial charge in [-0.3, -0.25) is 4.79 Å². The summed E-state index contributed by atoms with van der Waals surface area (Å²) in [5.41, 5.74) is 3.50. The quantitative estimate of drug-likeness (QED) is 0.161. The Balaban J connectivity index is 1.86. The van der Waals surface area contributed by atoms with E-state index in [1.807, 2.05) is 0 Å². The van der Waals surface area contributed by atoms with E-state index in [-0.39, 0.29) is 22.3 Å². The van der Waals surface area contributed by atoms with Gasteiger partial charge in [0.2, 0.25) is 0 Å². The first-order valence-electron chi connectivity index (χ1n) is 16.2. The number of carbonyl (C=O) groups excluding carboxylic acids is 1. The van der Waals surface area contributed by atoms with Crippen molar-refractivity contribution >= 4 is 22.9 Å². The molecule has 0 N–H and O–H groups in total. The maximum atomic E-state index is 11.0. The zero-order valence-electron chi connectivity index (χ0n) is 28.2. The lowest BCUT2D eigenvalue weighted by Gasteiger charge is -2.45. The lowest BCUT2D eigenvalue weighted by molar-refractivity contribution is -0.104. The van der Waals surface area contributed by atoms with Crippen LogP contribution in [-0.4, -0.2) is 35.1 Å².